The van der Waals surface area contributed by atoms with Crippen molar-refractivity contribution in [2.75, 3.05) is 0 Å². The van der Waals surface area contributed by atoms with Gasteiger partial charge in [-0.25, -0.2) is 4.79 Å². The van der Waals surface area contributed by atoms with Crippen molar-refractivity contribution >= 4 is 29.3 Å². The van der Waals surface area contributed by atoms with E-state index in [1.807, 2.05) is 60.7 Å². The van der Waals surface area contributed by atoms with Crippen LogP contribution in [0.25, 0.3) is 0 Å². The molecule has 0 aliphatic rings. The van der Waals surface area contributed by atoms with Crippen LogP contribution in [0.4, 0.5) is 4.79 Å². The highest BCUT2D eigenvalue weighted by atomic mass is 32.1. The molecule has 0 radical (unpaired) electrons. The molecular formula is C18H20N4O3S. The van der Waals surface area contributed by atoms with Gasteiger partial charge in [0.25, 0.3) is 5.91 Å². The Morgan fingerprint density at radius 1 is 0.962 bits per heavy atom. The van der Waals surface area contributed by atoms with Gasteiger partial charge in [-0.05, 0) is 23.3 Å². The van der Waals surface area contributed by atoms with Crippen molar-refractivity contribution in [2.24, 2.45) is 5.73 Å². The Hall–Kier alpha value is -3.13. The van der Waals surface area contributed by atoms with Crippen molar-refractivity contribution in [3.8, 4) is 0 Å². The number of alkyl carbamates (subject to hydrolysis) is 1. The average Bonchev–Trinajstić information content (AvgIpc) is 2.65. The molecule has 0 saturated carbocycles. The van der Waals surface area contributed by atoms with Crippen molar-refractivity contribution in [1.82, 2.24) is 16.2 Å². The van der Waals surface area contributed by atoms with E-state index in [0.29, 0.717) is 0 Å². The van der Waals surface area contributed by atoms with Crippen LogP contribution in [-0.4, -0.2) is 23.2 Å². The molecule has 0 bridgehead atoms. The highest BCUT2D eigenvalue weighted by Gasteiger charge is 2.22. The minimum atomic E-state index is -0.859. The Labute approximate surface area is 156 Å². The molecule has 5 N–H and O–H groups in total. The molecule has 0 aromatic heterocycles. The Morgan fingerprint density at radius 3 is 2.12 bits per heavy atom. The topological polar surface area (TPSA) is 105 Å². The lowest BCUT2D eigenvalue weighted by Gasteiger charge is -2.18. The van der Waals surface area contributed by atoms with E-state index in [0.717, 1.165) is 11.1 Å². The van der Waals surface area contributed by atoms with E-state index in [-0.39, 0.29) is 18.1 Å². The number of nitrogens with one attached hydrogen (secondary N) is 3. The predicted octanol–water partition coefficient (Wildman–Crippen LogP) is 1.39. The van der Waals surface area contributed by atoms with Crippen LogP contribution in [0, 0.1) is 0 Å². The normalized spacial score (nSPS) is 11.1. The van der Waals surface area contributed by atoms with Crippen molar-refractivity contribution in [3.05, 3.63) is 71.8 Å². The number of hydrazine groups is 1. The lowest BCUT2D eigenvalue weighted by molar-refractivity contribution is -0.123. The Balaban J connectivity index is 1.96. The number of hydrogen-bond acceptors (Lipinski definition) is 4. The molecule has 0 saturated heterocycles. The van der Waals surface area contributed by atoms with E-state index >= 15 is 0 Å². The summed E-state index contributed by atoms with van der Waals surface area (Å²) < 4.78 is 5.17. The Morgan fingerprint density at radius 2 is 1.54 bits per heavy atom. The maximum absolute atomic E-state index is 12.3. The molecule has 26 heavy (non-hydrogen) atoms. The molecule has 0 fully saturated rings. The third-order valence-electron chi connectivity index (χ3n) is 3.41. The number of carbonyl (C=O) groups is 2. The van der Waals surface area contributed by atoms with Crippen LogP contribution in [0.1, 0.15) is 11.1 Å². The first-order valence-corrected chi connectivity index (χ1v) is 8.32. The molecule has 2 aromatic carbocycles. The summed E-state index contributed by atoms with van der Waals surface area (Å²) in [5.41, 5.74) is 11.7. The van der Waals surface area contributed by atoms with Crippen LogP contribution in [0.3, 0.4) is 0 Å². The fraction of sp³-hybridized carbons (Fsp3) is 0.167. The first kappa shape index (κ1) is 19.2. The Kier molecular flexibility index (Phi) is 7.38. The van der Waals surface area contributed by atoms with Gasteiger partial charge in [-0.1, -0.05) is 60.7 Å². The largest absolute Gasteiger partial charge is 0.445 e. The standard InChI is InChI=1S/C18H20N4O3S/c19-17(26)22-21-16(23)15(11-13-7-3-1-4-8-13)20-18(24)25-12-14-9-5-2-6-10-14/h1-10,15H,11-12H2,(H,20,24)(H,21,23)(H3,19,22,26)/t15-/m0/s1. The smallest absolute Gasteiger partial charge is 0.408 e. The maximum Gasteiger partial charge on any atom is 0.408 e. The fourth-order valence-electron chi connectivity index (χ4n) is 2.18. The number of carbonyl (C=O) groups excluding carboxylic acids is 2. The van der Waals surface area contributed by atoms with E-state index in [9.17, 15) is 9.59 Å². The molecule has 0 aliphatic carbocycles. The van der Waals surface area contributed by atoms with Crippen LogP contribution in [0.5, 0.6) is 0 Å². The zero-order valence-corrected chi connectivity index (χ0v) is 14.8. The monoisotopic (exact) mass is 372 g/mol. The van der Waals surface area contributed by atoms with Gasteiger partial charge in [-0.2, -0.15) is 0 Å². The summed E-state index contributed by atoms with van der Waals surface area (Å²) in [5, 5.41) is 2.48. The lowest BCUT2D eigenvalue weighted by atomic mass is 10.1. The highest BCUT2D eigenvalue weighted by molar-refractivity contribution is 7.80. The van der Waals surface area contributed by atoms with Gasteiger partial charge in [0.2, 0.25) is 0 Å². The number of benzene rings is 2. The van der Waals surface area contributed by atoms with Gasteiger partial charge in [0.1, 0.15) is 12.6 Å². The average molecular weight is 372 g/mol. The van der Waals surface area contributed by atoms with Crippen LogP contribution in [0.2, 0.25) is 0 Å². The summed E-state index contributed by atoms with van der Waals surface area (Å²) in [5.74, 6) is -0.488. The molecule has 7 nitrogen and oxygen atoms in total. The zero-order valence-electron chi connectivity index (χ0n) is 14.0. The minimum Gasteiger partial charge on any atom is -0.445 e. The second-order valence-electron chi connectivity index (χ2n) is 5.43. The minimum absolute atomic E-state index is 0.0801. The molecule has 0 spiro atoms. The van der Waals surface area contributed by atoms with Crippen molar-refractivity contribution in [3.63, 3.8) is 0 Å². The first-order valence-electron chi connectivity index (χ1n) is 7.91. The van der Waals surface area contributed by atoms with Gasteiger partial charge < -0.3 is 15.8 Å². The van der Waals surface area contributed by atoms with E-state index in [1.165, 1.54) is 0 Å². The quantitative estimate of drug-likeness (QED) is 0.451. The molecular weight excluding hydrogens is 352 g/mol. The number of rotatable bonds is 6. The number of thiocarbonyl (C=S) groups is 1. The predicted molar refractivity (Wildman–Crippen MR) is 102 cm³/mol. The molecule has 1 atom stereocenters. The molecule has 2 amide bonds. The third kappa shape index (κ3) is 6.78. The third-order valence-corrected chi connectivity index (χ3v) is 3.51. The lowest BCUT2D eigenvalue weighted by Crippen LogP contribution is -2.54. The van der Waals surface area contributed by atoms with Crippen LogP contribution in [0.15, 0.2) is 60.7 Å². The maximum atomic E-state index is 12.3. The second kappa shape index (κ2) is 10.00. The highest BCUT2D eigenvalue weighted by Crippen LogP contribution is 2.05. The number of nitrogens with two attached hydrogens (primary N) is 1. The van der Waals surface area contributed by atoms with Gasteiger partial charge in [0.15, 0.2) is 5.11 Å². The molecule has 136 valence electrons. The van der Waals surface area contributed by atoms with Crippen LogP contribution in [-0.2, 0) is 22.6 Å². The number of ether oxygens (including phenoxy) is 1. The van der Waals surface area contributed by atoms with Gasteiger partial charge in [0, 0.05) is 6.42 Å². The zero-order chi connectivity index (χ0) is 18.8. The van der Waals surface area contributed by atoms with E-state index in [2.05, 4.69) is 28.4 Å². The van der Waals surface area contributed by atoms with Crippen molar-refractivity contribution < 1.29 is 14.3 Å². The van der Waals surface area contributed by atoms with Gasteiger partial charge in [0.05, 0.1) is 0 Å². The Bertz CT molecular complexity index is 741. The second-order valence-corrected chi connectivity index (χ2v) is 5.87. The fourth-order valence-corrected chi connectivity index (χ4v) is 2.23. The van der Waals surface area contributed by atoms with E-state index < -0.39 is 18.0 Å². The summed E-state index contributed by atoms with van der Waals surface area (Å²) >= 11 is 4.65. The molecule has 0 unspecified atom stereocenters. The van der Waals surface area contributed by atoms with Gasteiger partial charge in [-0.15, -0.1) is 0 Å². The summed E-state index contributed by atoms with van der Waals surface area (Å²) in [6.45, 7) is 0.109. The SMILES string of the molecule is NC(=S)NNC(=O)[C@H](Cc1ccccc1)NC(=O)OCc1ccccc1. The molecule has 0 heterocycles. The van der Waals surface area contributed by atoms with Gasteiger partial charge in [-0.3, -0.25) is 15.6 Å². The summed E-state index contributed by atoms with van der Waals surface area (Å²) in [6, 6.07) is 17.7. The number of amides is 2. The van der Waals surface area contributed by atoms with Crippen LogP contribution >= 0.6 is 12.2 Å². The molecule has 2 rings (SSSR count). The first-order chi connectivity index (χ1) is 12.5. The molecule has 8 heteroatoms. The van der Waals surface area contributed by atoms with Crippen LogP contribution < -0.4 is 21.9 Å². The summed E-state index contributed by atoms with van der Waals surface area (Å²) in [4.78, 5) is 24.4. The van der Waals surface area contributed by atoms with Crippen molar-refractivity contribution in [2.45, 2.75) is 19.1 Å². The molecule has 2 aromatic rings. The number of hydrogen-bond donors (Lipinski definition) is 4. The van der Waals surface area contributed by atoms with Gasteiger partial charge >= 0.3 is 6.09 Å². The summed E-state index contributed by atoms with van der Waals surface area (Å²) in [7, 11) is 0. The molecule has 0 aliphatic heterocycles. The van der Waals surface area contributed by atoms with Crippen molar-refractivity contribution in [1.29, 1.82) is 0 Å². The van der Waals surface area contributed by atoms with E-state index in [1.54, 1.807) is 0 Å². The summed E-state index contributed by atoms with van der Waals surface area (Å²) in [6.07, 6.45) is -0.410. The van der Waals surface area contributed by atoms with E-state index in [4.69, 9.17) is 10.5 Å².